The van der Waals surface area contributed by atoms with Gasteiger partial charge < -0.3 is 14.8 Å². The minimum Gasteiger partial charge on any atom is -0.491 e. The number of hydrogen-bond acceptors (Lipinski definition) is 3. The third-order valence-corrected chi connectivity index (χ3v) is 1.97. The van der Waals surface area contributed by atoms with Gasteiger partial charge in [-0.05, 0) is 19.1 Å². The van der Waals surface area contributed by atoms with Gasteiger partial charge in [0.1, 0.15) is 0 Å². The second-order valence-electron chi connectivity index (χ2n) is 3.18. The molecule has 0 aliphatic carbocycles. The number of halogens is 4. The summed E-state index contributed by atoms with van der Waals surface area (Å²) in [6.45, 7) is 1.42. The van der Waals surface area contributed by atoms with E-state index in [-0.39, 0.29) is 6.61 Å². The third-order valence-electron chi connectivity index (χ3n) is 1.97. The first-order valence-electron chi connectivity index (χ1n) is 4.67. The molecule has 1 aromatic rings. The standard InChI is InChI=1S/C9H9BF4O3/c1-2-17-7-4-5(9(12,13)14)3-6(8(7)11)10(15)16/h3-4,15-16H,2H2,1H3. The molecule has 1 aromatic carbocycles. The Hall–Kier alpha value is -1.28. The molecule has 3 nitrogen and oxygen atoms in total. The van der Waals surface area contributed by atoms with E-state index < -0.39 is 35.9 Å². The van der Waals surface area contributed by atoms with Crippen molar-refractivity contribution < 1.29 is 32.3 Å². The zero-order valence-electron chi connectivity index (χ0n) is 8.75. The molecule has 0 unspecified atom stereocenters. The molecule has 0 heterocycles. The molecule has 0 saturated heterocycles. The van der Waals surface area contributed by atoms with E-state index in [9.17, 15) is 17.6 Å². The van der Waals surface area contributed by atoms with Gasteiger partial charge in [-0.1, -0.05) is 0 Å². The molecule has 94 valence electrons. The summed E-state index contributed by atoms with van der Waals surface area (Å²) in [7, 11) is -2.34. The van der Waals surface area contributed by atoms with Crippen LogP contribution in [-0.2, 0) is 6.18 Å². The largest absolute Gasteiger partial charge is 0.491 e. The summed E-state index contributed by atoms with van der Waals surface area (Å²) in [5, 5.41) is 17.6. The lowest BCUT2D eigenvalue weighted by molar-refractivity contribution is -0.137. The highest BCUT2D eigenvalue weighted by Gasteiger charge is 2.34. The van der Waals surface area contributed by atoms with E-state index in [2.05, 4.69) is 4.74 Å². The van der Waals surface area contributed by atoms with Crippen molar-refractivity contribution in [1.82, 2.24) is 0 Å². The number of alkyl halides is 3. The highest BCUT2D eigenvalue weighted by atomic mass is 19.4. The lowest BCUT2D eigenvalue weighted by Crippen LogP contribution is -2.34. The first-order chi connectivity index (χ1) is 7.77. The highest BCUT2D eigenvalue weighted by molar-refractivity contribution is 6.58. The van der Waals surface area contributed by atoms with Gasteiger partial charge in [-0.15, -0.1) is 0 Å². The molecule has 0 atom stereocenters. The molecule has 0 spiro atoms. The van der Waals surface area contributed by atoms with E-state index in [1.54, 1.807) is 0 Å². The van der Waals surface area contributed by atoms with E-state index in [0.717, 1.165) is 0 Å². The Morgan fingerprint density at radius 2 is 1.88 bits per heavy atom. The molecule has 0 aromatic heterocycles. The van der Waals surface area contributed by atoms with E-state index in [0.29, 0.717) is 12.1 Å². The van der Waals surface area contributed by atoms with Crippen LogP contribution in [0.2, 0.25) is 0 Å². The van der Waals surface area contributed by atoms with Gasteiger partial charge in [0.25, 0.3) is 0 Å². The predicted molar refractivity (Wildman–Crippen MR) is 52.4 cm³/mol. The fourth-order valence-corrected chi connectivity index (χ4v) is 1.23. The fourth-order valence-electron chi connectivity index (χ4n) is 1.23. The summed E-state index contributed by atoms with van der Waals surface area (Å²) in [5.74, 6) is -1.87. The molecule has 0 fully saturated rings. The van der Waals surface area contributed by atoms with Gasteiger partial charge in [0.2, 0.25) is 0 Å². The van der Waals surface area contributed by atoms with Crippen LogP contribution in [0, 0.1) is 5.82 Å². The van der Waals surface area contributed by atoms with Crippen LogP contribution in [0.25, 0.3) is 0 Å². The third kappa shape index (κ3) is 3.10. The van der Waals surface area contributed by atoms with Crippen molar-refractivity contribution in [2.45, 2.75) is 13.1 Å². The van der Waals surface area contributed by atoms with Crippen molar-refractivity contribution >= 4 is 12.6 Å². The highest BCUT2D eigenvalue weighted by Crippen LogP contribution is 2.32. The van der Waals surface area contributed by atoms with E-state index in [4.69, 9.17) is 10.0 Å². The van der Waals surface area contributed by atoms with E-state index in [1.807, 2.05) is 0 Å². The van der Waals surface area contributed by atoms with Gasteiger partial charge in [0.15, 0.2) is 11.6 Å². The predicted octanol–water partition coefficient (Wildman–Crippen LogP) is 0.923. The molecule has 1 rings (SSSR count). The van der Waals surface area contributed by atoms with Crippen LogP contribution in [0.4, 0.5) is 17.6 Å². The van der Waals surface area contributed by atoms with Crippen LogP contribution in [0.15, 0.2) is 12.1 Å². The van der Waals surface area contributed by atoms with Gasteiger partial charge in [0, 0.05) is 5.46 Å². The van der Waals surface area contributed by atoms with Crippen molar-refractivity contribution in [2.75, 3.05) is 6.61 Å². The van der Waals surface area contributed by atoms with E-state index in [1.165, 1.54) is 6.92 Å². The minimum absolute atomic E-state index is 0.0425. The summed E-state index contributed by atoms with van der Waals surface area (Å²) in [6.07, 6.45) is -4.72. The molecule has 0 bridgehead atoms. The zero-order chi connectivity index (χ0) is 13.2. The monoisotopic (exact) mass is 252 g/mol. The number of benzene rings is 1. The normalized spacial score (nSPS) is 11.5. The van der Waals surface area contributed by atoms with Crippen LogP contribution in [-0.4, -0.2) is 23.8 Å². The SMILES string of the molecule is CCOc1cc(C(F)(F)F)cc(B(O)O)c1F. The summed E-state index contributed by atoms with van der Waals surface area (Å²) < 4.78 is 55.5. The maximum Gasteiger partial charge on any atom is 0.491 e. The van der Waals surface area contributed by atoms with Gasteiger partial charge >= 0.3 is 13.3 Å². The van der Waals surface area contributed by atoms with E-state index >= 15 is 0 Å². The number of ether oxygens (including phenoxy) is 1. The van der Waals surface area contributed by atoms with Crippen LogP contribution < -0.4 is 10.2 Å². The van der Waals surface area contributed by atoms with Gasteiger partial charge in [-0.3, -0.25) is 0 Å². The molecule has 0 saturated carbocycles. The Kier molecular flexibility index (Phi) is 4.00. The quantitative estimate of drug-likeness (QED) is 0.621. The average molecular weight is 252 g/mol. The lowest BCUT2D eigenvalue weighted by atomic mass is 9.78. The first kappa shape index (κ1) is 13.8. The van der Waals surface area contributed by atoms with Crippen LogP contribution in [0.1, 0.15) is 12.5 Å². The molecule has 0 amide bonds. The molecule has 0 radical (unpaired) electrons. The Bertz CT molecular complexity index is 406. The topological polar surface area (TPSA) is 49.7 Å². The van der Waals surface area contributed by atoms with Crippen molar-refractivity contribution in [3.8, 4) is 5.75 Å². The molecule has 17 heavy (non-hydrogen) atoms. The zero-order valence-corrected chi connectivity index (χ0v) is 8.75. The summed E-state index contributed by atoms with van der Waals surface area (Å²) >= 11 is 0. The smallest absolute Gasteiger partial charge is 0.491 e. The Balaban J connectivity index is 3.36. The van der Waals surface area contributed by atoms with Crippen LogP contribution in [0.3, 0.4) is 0 Å². The lowest BCUT2D eigenvalue weighted by Gasteiger charge is -2.13. The maximum absolute atomic E-state index is 13.5. The molecule has 2 N–H and O–H groups in total. The molecule has 8 heteroatoms. The van der Waals surface area contributed by atoms with Crippen LogP contribution in [0.5, 0.6) is 5.75 Å². The molecule has 0 aliphatic heterocycles. The molecular weight excluding hydrogens is 243 g/mol. The van der Waals surface area contributed by atoms with Gasteiger partial charge in [-0.25, -0.2) is 4.39 Å². The van der Waals surface area contributed by atoms with Crippen molar-refractivity contribution in [1.29, 1.82) is 0 Å². The van der Waals surface area contributed by atoms with Crippen molar-refractivity contribution in [3.05, 3.63) is 23.5 Å². The second kappa shape index (κ2) is 4.93. The maximum atomic E-state index is 13.5. The fraction of sp³-hybridized carbons (Fsp3) is 0.333. The average Bonchev–Trinajstić information content (AvgIpc) is 2.19. The number of rotatable bonds is 3. The molecule has 0 aliphatic rings. The van der Waals surface area contributed by atoms with Gasteiger partial charge in [-0.2, -0.15) is 13.2 Å². The van der Waals surface area contributed by atoms with Crippen LogP contribution >= 0.6 is 0 Å². The first-order valence-corrected chi connectivity index (χ1v) is 4.67. The Labute approximate surface area is 94.8 Å². The summed E-state index contributed by atoms with van der Waals surface area (Å²) in [4.78, 5) is 0. The Morgan fingerprint density at radius 1 is 1.29 bits per heavy atom. The minimum atomic E-state index is -4.72. The van der Waals surface area contributed by atoms with Crippen molar-refractivity contribution in [2.24, 2.45) is 0 Å². The van der Waals surface area contributed by atoms with Gasteiger partial charge in [0.05, 0.1) is 12.2 Å². The summed E-state index contributed by atoms with van der Waals surface area (Å²) in [5.41, 5.74) is -2.08. The number of hydrogen-bond donors (Lipinski definition) is 2. The second-order valence-corrected chi connectivity index (χ2v) is 3.18. The Morgan fingerprint density at radius 3 is 2.29 bits per heavy atom. The molecular formula is C9H9BF4O3. The summed E-state index contributed by atoms with van der Waals surface area (Å²) in [6, 6.07) is 0.813. The van der Waals surface area contributed by atoms with Crippen molar-refractivity contribution in [3.63, 3.8) is 0 Å².